The lowest BCUT2D eigenvalue weighted by Crippen LogP contribution is -2.30. The standard InChI is InChI=1S/C22H26ClF2N3O3/c1-4-30-20(18-16(24)9-10-17(19(18)25)31-12-13(2)3)22(29)28(23)11-14-5-7-15(8-6-14)21(26)27/h5-10,13,20H,4,11-12H2,1-3H3,(H3,26,27). The number of nitrogens with two attached hydrogens (primary N) is 1. The Kier molecular flexibility index (Phi) is 8.76. The fourth-order valence-electron chi connectivity index (χ4n) is 2.76. The van der Waals surface area contributed by atoms with Crippen molar-refractivity contribution in [3.8, 4) is 5.75 Å². The van der Waals surface area contributed by atoms with Crippen molar-refractivity contribution in [1.82, 2.24) is 4.42 Å². The van der Waals surface area contributed by atoms with E-state index >= 15 is 4.39 Å². The molecule has 0 aromatic heterocycles. The normalized spacial score (nSPS) is 12.0. The van der Waals surface area contributed by atoms with E-state index in [0.717, 1.165) is 10.5 Å². The van der Waals surface area contributed by atoms with Crippen LogP contribution in [0.15, 0.2) is 36.4 Å². The molecule has 0 aliphatic carbocycles. The van der Waals surface area contributed by atoms with Gasteiger partial charge in [-0.25, -0.2) is 13.2 Å². The van der Waals surface area contributed by atoms with Crippen molar-refractivity contribution >= 4 is 23.5 Å². The zero-order valence-corrected chi connectivity index (χ0v) is 18.4. The molecule has 3 N–H and O–H groups in total. The number of nitrogen functional groups attached to an aromatic ring is 1. The van der Waals surface area contributed by atoms with Gasteiger partial charge in [-0.15, -0.1) is 0 Å². The number of hydrogen-bond acceptors (Lipinski definition) is 4. The van der Waals surface area contributed by atoms with Crippen LogP contribution in [0.5, 0.6) is 5.75 Å². The quantitative estimate of drug-likeness (QED) is 0.314. The van der Waals surface area contributed by atoms with Gasteiger partial charge in [-0.05, 0) is 30.5 Å². The Bertz CT molecular complexity index is 923. The van der Waals surface area contributed by atoms with Crippen LogP contribution in [0.3, 0.4) is 0 Å². The number of ether oxygens (including phenoxy) is 2. The van der Waals surface area contributed by atoms with E-state index in [0.29, 0.717) is 11.1 Å². The van der Waals surface area contributed by atoms with Crippen LogP contribution >= 0.6 is 11.8 Å². The Balaban J connectivity index is 2.28. The molecule has 6 nitrogen and oxygen atoms in total. The first-order valence-electron chi connectivity index (χ1n) is 9.78. The van der Waals surface area contributed by atoms with Crippen LogP contribution in [0.25, 0.3) is 0 Å². The highest BCUT2D eigenvalue weighted by Gasteiger charge is 2.32. The summed E-state index contributed by atoms with van der Waals surface area (Å²) in [6, 6.07) is 8.74. The Morgan fingerprint density at radius 1 is 1.19 bits per heavy atom. The minimum absolute atomic E-state index is 0.0321. The van der Waals surface area contributed by atoms with E-state index in [4.69, 9.17) is 32.4 Å². The molecule has 2 aromatic carbocycles. The third-order valence-corrected chi connectivity index (χ3v) is 4.59. The molecule has 0 saturated heterocycles. The molecule has 2 aromatic rings. The summed E-state index contributed by atoms with van der Waals surface area (Å²) in [6.45, 7) is 5.60. The van der Waals surface area contributed by atoms with Gasteiger partial charge in [0.2, 0.25) is 0 Å². The van der Waals surface area contributed by atoms with Crippen LogP contribution in [0.1, 0.15) is 43.6 Å². The average Bonchev–Trinajstić information content (AvgIpc) is 2.72. The second kappa shape index (κ2) is 11.1. The van der Waals surface area contributed by atoms with Crippen molar-refractivity contribution in [2.75, 3.05) is 13.2 Å². The number of carbonyl (C=O) groups is 1. The number of rotatable bonds is 10. The highest BCUT2D eigenvalue weighted by Crippen LogP contribution is 2.32. The number of carbonyl (C=O) groups excluding carboxylic acids is 1. The van der Waals surface area contributed by atoms with Gasteiger partial charge in [0, 0.05) is 23.9 Å². The Hall–Kier alpha value is -2.71. The number of amidine groups is 1. The summed E-state index contributed by atoms with van der Waals surface area (Å²) in [5.74, 6) is -2.88. The maximum absolute atomic E-state index is 15.0. The molecule has 1 amide bonds. The zero-order valence-electron chi connectivity index (χ0n) is 17.6. The minimum Gasteiger partial charge on any atom is -0.490 e. The molecule has 0 heterocycles. The molecule has 0 fully saturated rings. The third kappa shape index (κ3) is 6.38. The number of nitrogens with one attached hydrogen (secondary N) is 1. The molecule has 0 spiro atoms. The van der Waals surface area contributed by atoms with Gasteiger partial charge in [0.05, 0.1) is 18.7 Å². The number of hydrogen-bond donors (Lipinski definition) is 2. The number of halogens is 3. The fourth-order valence-corrected chi connectivity index (χ4v) is 2.98. The number of nitrogens with zero attached hydrogens (tertiary/aromatic N) is 1. The SMILES string of the molecule is CCOC(C(=O)N(Cl)Cc1ccc(C(=N)N)cc1)c1c(F)ccc(OCC(C)C)c1F. The molecule has 0 bridgehead atoms. The molecule has 1 unspecified atom stereocenters. The lowest BCUT2D eigenvalue weighted by Gasteiger charge is -2.23. The van der Waals surface area contributed by atoms with Crippen molar-refractivity contribution in [2.24, 2.45) is 11.7 Å². The smallest absolute Gasteiger partial charge is 0.271 e. The van der Waals surface area contributed by atoms with Gasteiger partial charge in [-0.3, -0.25) is 10.2 Å². The second-order valence-electron chi connectivity index (χ2n) is 7.28. The molecule has 0 aliphatic heterocycles. The molecular weight excluding hydrogens is 428 g/mol. The van der Waals surface area contributed by atoms with Crippen LogP contribution < -0.4 is 10.5 Å². The van der Waals surface area contributed by atoms with Crippen LogP contribution in [0.2, 0.25) is 0 Å². The van der Waals surface area contributed by atoms with Gasteiger partial charge in [0.25, 0.3) is 5.91 Å². The monoisotopic (exact) mass is 453 g/mol. The lowest BCUT2D eigenvalue weighted by atomic mass is 10.1. The van der Waals surface area contributed by atoms with Crippen LogP contribution in [0.4, 0.5) is 8.78 Å². The predicted octanol–water partition coefficient (Wildman–Crippen LogP) is 4.54. The van der Waals surface area contributed by atoms with Gasteiger partial charge >= 0.3 is 0 Å². The summed E-state index contributed by atoms with van der Waals surface area (Å²) < 4.78 is 41.2. The first-order chi connectivity index (χ1) is 14.6. The van der Waals surface area contributed by atoms with E-state index in [1.807, 2.05) is 13.8 Å². The van der Waals surface area contributed by atoms with Crippen molar-refractivity contribution in [3.63, 3.8) is 0 Å². The molecule has 31 heavy (non-hydrogen) atoms. The average molecular weight is 454 g/mol. The van der Waals surface area contributed by atoms with Gasteiger partial charge in [-0.1, -0.05) is 38.1 Å². The van der Waals surface area contributed by atoms with Crippen LogP contribution in [-0.2, 0) is 16.1 Å². The number of amides is 1. The second-order valence-corrected chi connectivity index (χ2v) is 7.69. The molecule has 0 saturated carbocycles. The summed E-state index contributed by atoms with van der Waals surface area (Å²) >= 11 is 6.16. The maximum atomic E-state index is 15.0. The fraction of sp³-hybridized carbons (Fsp3) is 0.364. The van der Waals surface area contributed by atoms with Gasteiger partial charge in [0.1, 0.15) is 11.7 Å². The maximum Gasteiger partial charge on any atom is 0.271 e. The summed E-state index contributed by atoms with van der Waals surface area (Å²) in [5, 5.41) is 7.41. The Labute approximate surface area is 185 Å². The van der Waals surface area contributed by atoms with E-state index in [2.05, 4.69) is 0 Å². The molecular formula is C22H26ClF2N3O3. The van der Waals surface area contributed by atoms with E-state index < -0.39 is 29.2 Å². The van der Waals surface area contributed by atoms with Gasteiger partial charge in [0.15, 0.2) is 17.7 Å². The third-order valence-electron chi connectivity index (χ3n) is 4.31. The Morgan fingerprint density at radius 3 is 2.39 bits per heavy atom. The number of benzene rings is 2. The summed E-state index contributed by atoms with van der Waals surface area (Å²) in [7, 11) is 0. The van der Waals surface area contributed by atoms with Crippen molar-refractivity contribution < 1.29 is 23.0 Å². The topological polar surface area (TPSA) is 88.6 Å². The van der Waals surface area contributed by atoms with E-state index in [1.165, 1.54) is 6.07 Å². The molecule has 1 atom stereocenters. The molecule has 168 valence electrons. The lowest BCUT2D eigenvalue weighted by molar-refractivity contribution is -0.139. The highest BCUT2D eigenvalue weighted by atomic mass is 35.5. The van der Waals surface area contributed by atoms with Gasteiger partial charge < -0.3 is 15.2 Å². The molecule has 0 aliphatic rings. The van der Waals surface area contributed by atoms with E-state index in [1.54, 1.807) is 31.2 Å². The minimum atomic E-state index is -1.58. The summed E-state index contributed by atoms with van der Waals surface area (Å²) in [5.41, 5.74) is 6.03. The Morgan fingerprint density at radius 2 is 1.84 bits per heavy atom. The van der Waals surface area contributed by atoms with Crippen LogP contribution in [-0.4, -0.2) is 29.4 Å². The first kappa shape index (κ1) is 24.6. The van der Waals surface area contributed by atoms with Gasteiger partial charge in [-0.2, -0.15) is 0 Å². The zero-order chi connectivity index (χ0) is 23.1. The summed E-state index contributed by atoms with van der Waals surface area (Å²) in [6.07, 6.45) is -1.58. The largest absolute Gasteiger partial charge is 0.490 e. The molecule has 0 radical (unpaired) electrons. The van der Waals surface area contributed by atoms with Crippen molar-refractivity contribution in [1.29, 1.82) is 5.41 Å². The summed E-state index contributed by atoms with van der Waals surface area (Å²) in [4.78, 5) is 12.9. The van der Waals surface area contributed by atoms with Crippen LogP contribution in [0, 0.1) is 23.0 Å². The van der Waals surface area contributed by atoms with E-state index in [9.17, 15) is 9.18 Å². The molecule has 9 heteroatoms. The highest BCUT2D eigenvalue weighted by molar-refractivity contribution is 6.21. The van der Waals surface area contributed by atoms with Crippen molar-refractivity contribution in [3.05, 3.63) is 64.7 Å². The van der Waals surface area contributed by atoms with Crippen molar-refractivity contribution in [2.45, 2.75) is 33.4 Å². The first-order valence-corrected chi connectivity index (χ1v) is 10.1. The van der Waals surface area contributed by atoms with E-state index in [-0.39, 0.29) is 37.3 Å². The predicted molar refractivity (Wildman–Crippen MR) is 115 cm³/mol. The molecule has 2 rings (SSSR count).